The van der Waals surface area contributed by atoms with Gasteiger partial charge in [-0.15, -0.1) is 0 Å². The molecule has 0 heterocycles. The Balaban J connectivity index is 2.63. The molecule has 1 aromatic rings. The number of aliphatic carboxylic acids is 1. The summed E-state index contributed by atoms with van der Waals surface area (Å²) in [4.78, 5) is 23.8. The highest BCUT2D eigenvalue weighted by atomic mass is 16.5. The molecule has 0 aliphatic heterocycles. The second-order valence-electron chi connectivity index (χ2n) is 4.23. The summed E-state index contributed by atoms with van der Waals surface area (Å²) in [7, 11) is 3.08. The van der Waals surface area contributed by atoms with Crippen molar-refractivity contribution >= 4 is 12.0 Å². The Kier molecular flexibility index (Phi) is 5.79. The lowest BCUT2D eigenvalue weighted by Crippen LogP contribution is -2.48. The van der Waals surface area contributed by atoms with E-state index >= 15 is 0 Å². The molecule has 110 valence electrons. The van der Waals surface area contributed by atoms with Crippen LogP contribution in [-0.2, 0) is 11.3 Å². The van der Waals surface area contributed by atoms with Gasteiger partial charge in [0, 0.05) is 13.6 Å². The number of carbonyl (C=O) groups excluding carboxylic acids is 1. The van der Waals surface area contributed by atoms with Crippen molar-refractivity contribution in [2.75, 3.05) is 20.8 Å². The smallest absolute Gasteiger partial charge is 0.328 e. The monoisotopic (exact) mass is 282 g/mol. The van der Waals surface area contributed by atoms with Crippen LogP contribution >= 0.6 is 0 Å². The maximum absolute atomic E-state index is 11.8. The van der Waals surface area contributed by atoms with Gasteiger partial charge in [-0.2, -0.15) is 0 Å². The van der Waals surface area contributed by atoms with Crippen LogP contribution in [0, 0.1) is 0 Å². The summed E-state index contributed by atoms with van der Waals surface area (Å²) >= 11 is 0. The zero-order valence-corrected chi connectivity index (χ0v) is 11.4. The van der Waals surface area contributed by atoms with E-state index < -0.39 is 24.6 Å². The molecule has 0 saturated carbocycles. The molecule has 0 spiro atoms. The summed E-state index contributed by atoms with van der Waals surface area (Å²) in [5, 5.41) is 19.8. The van der Waals surface area contributed by atoms with Crippen LogP contribution in [0.2, 0.25) is 0 Å². The Morgan fingerprint density at radius 2 is 2.15 bits per heavy atom. The van der Waals surface area contributed by atoms with E-state index in [2.05, 4.69) is 5.32 Å². The molecular weight excluding hydrogens is 264 g/mol. The zero-order valence-electron chi connectivity index (χ0n) is 11.4. The van der Waals surface area contributed by atoms with Gasteiger partial charge in [0.15, 0.2) is 6.04 Å². The van der Waals surface area contributed by atoms with Gasteiger partial charge >= 0.3 is 12.0 Å². The Bertz CT molecular complexity index is 478. The minimum absolute atomic E-state index is 0.292. The van der Waals surface area contributed by atoms with Gasteiger partial charge in [0.2, 0.25) is 0 Å². The normalized spacial score (nSPS) is 11.6. The lowest BCUT2D eigenvalue weighted by Gasteiger charge is -2.20. The van der Waals surface area contributed by atoms with Crippen LogP contribution in [0.3, 0.4) is 0 Å². The summed E-state index contributed by atoms with van der Waals surface area (Å²) in [6.45, 7) is -0.366. The van der Waals surface area contributed by atoms with E-state index in [-0.39, 0.29) is 0 Å². The fraction of sp³-hybridized carbons (Fsp3) is 0.385. The molecule has 1 unspecified atom stereocenters. The van der Waals surface area contributed by atoms with E-state index in [1.165, 1.54) is 11.9 Å². The van der Waals surface area contributed by atoms with Gasteiger partial charge in [0.25, 0.3) is 0 Å². The highest BCUT2D eigenvalue weighted by molar-refractivity contribution is 5.82. The number of carboxylic acids is 1. The molecule has 1 aromatic carbocycles. The SMILES string of the molecule is COc1cccc(CN(C)C(=O)NC(CO)C(=O)O)c1. The Hall–Kier alpha value is -2.28. The number of urea groups is 1. The Morgan fingerprint density at radius 1 is 1.45 bits per heavy atom. The number of hydrogen-bond donors (Lipinski definition) is 3. The molecule has 0 bridgehead atoms. The maximum Gasteiger partial charge on any atom is 0.328 e. The second kappa shape index (κ2) is 7.34. The fourth-order valence-electron chi connectivity index (χ4n) is 1.56. The average Bonchev–Trinajstić information content (AvgIpc) is 2.44. The predicted octanol–water partition coefficient (Wildman–Crippen LogP) is 0.282. The minimum atomic E-state index is -1.31. The van der Waals surface area contributed by atoms with Crippen LogP contribution in [0.4, 0.5) is 4.79 Å². The van der Waals surface area contributed by atoms with Crippen LogP contribution in [0.5, 0.6) is 5.75 Å². The van der Waals surface area contributed by atoms with E-state index in [1.54, 1.807) is 25.3 Å². The molecule has 0 radical (unpaired) electrons. The Morgan fingerprint density at radius 3 is 2.70 bits per heavy atom. The number of methoxy groups -OCH3 is 1. The summed E-state index contributed by atoms with van der Waals surface area (Å²) in [6.07, 6.45) is 0. The molecular formula is C13H18N2O5. The van der Waals surface area contributed by atoms with Crippen LogP contribution in [0.1, 0.15) is 5.56 Å². The Labute approximate surface area is 116 Å². The standard InChI is InChI=1S/C13H18N2O5/c1-15(13(19)14-11(8-16)12(17)18)7-9-4-3-5-10(6-9)20-2/h3-6,11,16H,7-8H2,1-2H3,(H,14,19)(H,17,18). The molecule has 1 atom stereocenters. The number of rotatable bonds is 6. The third-order valence-corrected chi connectivity index (χ3v) is 2.68. The lowest BCUT2D eigenvalue weighted by molar-refractivity contribution is -0.140. The van der Waals surface area contributed by atoms with E-state index in [1.807, 2.05) is 6.07 Å². The first kappa shape index (κ1) is 15.8. The molecule has 20 heavy (non-hydrogen) atoms. The number of hydrogen-bond acceptors (Lipinski definition) is 4. The van der Waals surface area contributed by atoms with Gasteiger partial charge in [-0.3, -0.25) is 0 Å². The maximum atomic E-state index is 11.8. The summed E-state index contributed by atoms with van der Waals surface area (Å²) in [5.74, 6) is -0.606. The number of carboxylic acid groups (broad SMARTS) is 1. The molecule has 0 aliphatic carbocycles. The average molecular weight is 282 g/mol. The number of amides is 2. The van der Waals surface area contributed by atoms with Crippen molar-refractivity contribution in [3.8, 4) is 5.75 Å². The predicted molar refractivity (Wildman–Crippen MR) is 71.5 cm³/mol. The molecule has 0 fully saturated rings. The van der Waals surface area contributed by atoms with Crippen molar-refractivity contribution in [2.24, 2.45) is 0 Å². The third kappa shape index (κ3) is 4.43. The fourth-order valence-corrected chi connectivity index (χ4v) is 1.56. The number of aliphatic hydroxyl groups excluding tert-OH is 1. The van der Waals surface area contributed by atoms with Crippen molar-refractivity contribution in [3.63, 3.8) is 0 Å². The van der Waals surface area contributed by atoms with Crippen LogP contribution in [-0.4, -0.2) is 53.9 Å². The third-order valence-electron chi connectivity index (χ3n) is 2.68. The van der Waals surface area contributed by atoms with Crippen molar-refractivity contribution < 1.29 is 24.5 Å². The number of benzene rings is 1. The highest BCUT2D eigenvalue weighted by Crippen LogP contribution is 2.13. The van der Waals surface area contributed by atoms with Crippen molar-refractivity contribution in [2.45, 2.75) is 12.6 Å². The van der Waals surface area contributed by atoms with Crippen LogP contribution in [0.25, 0.3) is 0 Å². The van der Waals surface area contributed by atoms with E-state index in [0.29, 0.717) is 12.3 Å². The van der Waals surface area contributed by atoms with Crippen molar-refractivity contribution in [1.29, 1.82) is 0 Å². The van der Waals surface area contributed by atoms with Gasteiger partial charge in [-0.1, -0.05) is 12.1 Å². The summed E-state index contributed by atoms with van der Waals surface area (Å²) in [6, 6.07) is 5.31. The molecule has 7 heteroatoms. The highest BCUT2D eigenvalue weighted by Gasteiger charge is 2.20. The number of ether oxygens (including phenoxy) is 1. The molecule has 7 nitrogen and oxygen atoms in total. The largest absolute Gasteiger partial charge is 0.497 e. The molecule has 0 aromatic heterocycles. The van der Waals surface area contributed by atoms with Crippen molar-refractivity contribution in [3.05, 3.63) is 29.8 Å². The van der Waals surface area contributed by atoms with Gasteiger partial charge in [-0.05, 0) is 17.7 Å². The van der Waals surface area contributed by atoms with E-state index in [9.17, 15) is 9.59 Å². The number of carbonyl (C=O) groups is 2. The lowest BCUT2D eigenvalue weighted by atomic mass is 10.2. The second-order valence-corrected chi connectivity index (χ2v) is 4.23. The van der Waals surface area contributed by atoms with Gasteiger partial charge in [-0.25, -0.2) is 9.59 Å². The number of aliphatic hydroxyl groups is 1. The van der Waals surface area contributed by atoms with Crippen molar-refractivity contribution in [1.82, 2.24) is 10.2 Å². The van der Waals surface area contributed by atoms with Crippen LogP contribution < -0.4 is 10.1 Å². The molecule has 3 N–H and O–H groups in total. The first-order valence-electron chi connectivity index (χ1n) is 5.96. The summed E-state index contributed by atoms with van der Waals surface area (Å²) in [5.41, 5.74) is 0.845. The van der Waals surface area contributed by atoms with E-state index in [0.717, 1.165) is 5.56 Å². The molecule has 1 rings (SSSR count). The minimum Gasteiger partial charge on any atom is -0.497 e. The molecule has 2 amide bonds. The first-order chi connectivity index (χ1) is 9.47. The quantitative estimate of drug-likeness (QED) is 0.696. The number of nitrogens with zero attached hydrogens (tertiary/aromatic N) is 1. The van der Waals surface area contributed by atoms with Gasteiger partial charge < -0.3 is 25.2 Å². The van der Waals surface area contributed by atoms with Crippen LogP contribution in [0.15, 0.2) is 24.3 Å². The molecule has 0 saturated heterocycles. The van der Waals surface area contributed by atoms with Gasteiger partial charge in [0.1, 0.15) is 5.75 Å². The first-order valence-corrected chi connectivity index (χ1v) is 5.96. The topological polar surface area (TPSA) is 99.1 Å². The zero-order chi connectivity index (χ0) is 15.1. The van der Waals surface area contributed by atoms with E-state index in [4.69, 9.17) is 14.9 Å². The number of nitrogens with one attached hydrogen (secondary N) is 1. The van der Waals surface area contributed by atoms with Gasteiger partial charge in [0.05, 0.1) is 13.7 Å². The molecule has 0 aliphatic rings. The summed E-state index contributed by atoms with van der Waals surface area (Å²) < 4.78 is 5.08.